The monoisotopic (exact) mass is 609 g/mol. The summed E-state index contributed by atoms with van der Waals surface area (Å²) in [4.78, 5) is 42.5. The molecule has 236 valence electrons. The highest BCUT2D eigenvalue weighted by molar-refractivity contribution is 5.98. The maximum absolute atomic E-state index is 13.3. The van der Waals surface area contributed by atoms with Crippen molar-refractivity contribution in [1.29, 1.82) is 5.41 Å². The number of carbonyl (C=O) groups excluding carboxylic acids is 1. The average molecular weight is 610 g/mol. The Morgan fingerprint density at radius 3 is 1.82 bits per heavy atom. The number of amidine groups is 1. The van der Waals surface area contributed by atoms with E-state index in [1.54, 1.807) is 12.1 Å². The second-order valence-electron chi connectivity index (χ2n) is 9.18. The minimum Gasteiger partial charge on any atom is -0.481 e. The quantitative estimate of drug-likeness (QED) is 0.151. The number of nitrogens with zero attached hydrogens (tertiary/aromatic N) is 1. The molecule has 3 aromatic carbocycles. The maximum atomic E-state index is 13.3. The first-order chi connectivity index (χ1) is 20.8. The Balaban J connectivity index is 0.000000691. The molecule has 13 heteroatoms. The van der Waals surface area contributed by atoms with E-state index in [0.29, 0.717) is 11.3 Å². The zero-order valence-corrected chi connectivity index (χ0v) is 24.8. The molecule has 1 saturated heterocycles. The van der Waals surface area contributed by atoms with Gasteiger partial charge in [0.2, 0.25) is 0 Å². The minimum atomic E-state index is -0.833. The van der Waals surface area contributed by atoms with E-state index >= 15 is 0 Å². The number of nitrogen functional groups attached to an aromatic ring is 1. The van der Waals surface area contributed by atoms with Gasteiger partial charge in [-0.2, -0.15) is 0 Å². The normalized spacial score (nSPS) is 12.2. The number of rotatable bonds is 7. The Morgan fingerprint density at radius 1 is 0.795 bits per heavy atom. The number of amides is 1. The molecule has 4 rings (SSSR count). The number of aliphatic carboxylic acids is 3. The molecule has 1 aliphatic rings. The summed E-state index contributed by atoms with van der Waals surface area (Å²) in [5.74, 6) is -2.70. The van der Waals surface area contributed by atoms with Crippen molar-refractivity contribution in [2.24, 2.45) is 5.73 Å². The molecule has 0 saturated carbocycles. The fraction of sp³-hybridized carbons (Fsp3) is 0.258. The zero-order valence-electron chi connectivity index (χ0n) is 24.8. The van der Waals surface area contributed by atoms with Gasteiger partial charge in [-0.1, -0.05) is 42.5 Å². The number of nitrogens with two attached hydrogens (primary N) is 1. The lowest BCUT2D eigenvalue weighted by Crippen LogP contribution is -2.36. The van der Waals surface area contributed by atoms with E-state index in [9.17, 15) is 4.79 Å². The van der Waals surface area contributed by atoms with Crippen LogP contribution in [0.5, 0.6) is 0 Å². The van der Waals surface area contributed by atoms with Crippen molar-refractivity contribution in [2.45, 2.75) is 26.8 Å². The summed E-state index contributed by atoms with van der Waals surface area (Å²) in [5, 5.41) is 36.2. The first kappa shape index (κ1) is 36.6. The molecule has 1 aliphatic heterocycles. The van der Waals surface area contributed by atoms with E-state index in [2.05, 4.69) is 15.5 Å². The van der Waals surface area contributed by atoms with Gasteiger partial charge in [-0.15, -0.1) is 0 Å². The van der Waals surface area contributed by atoms with E-state index in [1.807, 2.05) is 66.7 Å². The Kier molecular flexibility index (Phi) is 16.3. The van der Waals surface area contributed by atoms with Gasteiger partial charge in [-0.25, -0.2) is 0 Å². The van der Waals surface area contributed by atoms with Gasteiger partial charge in [0.15, 0.2) is 0 Å². The summed E-state index contributed by atoms with van der Waals surface area (Å²) in [5.41, 5.74) is 9.61. The van der Waals surface area contributed by atoms with Crippen LogP contribution >= 0.6 is 0 Å². The molecule has 0 aromatic heterocycles. The van der Waals surface area contributed by atoms with Crippen molar-refractivity contribution in [3.63, 3.8) is 0 Å². The van der Waals surface area contributed by atoms with E-state index in [4.69, 9.17) is 45.6 Å². The highest BCUT2D eigenvalue weighted by Crippen LogP contribution is 2.24. The van der Waals surface area contributed by atoms with Crippen LogP contribution in [0.4, 0.5) is 17.1 Å². The van der Waals surface area contributed by atoms with Crippen molar-refractivity contribution < 1.29 is 39.2 Å². The van der Waals surface area contributed by atoms with Crippen LogP contribution in [0.25, 0.3) is 0 Å². The van der Waals surface area contributed by atoms with Crippen LogP contribution in [0.3, 0.4) is 0 Å². The van der Waals surface area contributed by atoms with E-state index in [1.165, 1.54) is 0 Å². The zero-order chi connectivity index (χ0) is 33.1. The van der Waals surface area contributed by atoms with Crippen molar-refractivity contribution in [3.05, 3.63) is 90.0 Å². The second kappa shape index (κ2) is 19.6. The van der Waals surface area contributed by atoms with E-state index in [-0.39, 0.29) is 11.7 Å². The first-order valence-corrected chi connectivity index (χ1v) is 13.4. The van der Waals surface area contributed by atoms with Gasteiger partial charge in [0, 0.05) is 56.5 Å². The molecular weight excluding hydrogens is 570 g/mol. The number of anilines is 3. The molecule has 1 fully saturated rings. The molecule has 1 atom stereocenters. The molecule has 1 amide bonds. The molecule has 0 spiro atoms. The van der Waals surface area contributed by atoms with E-state index < -0.39 is 23.9 Å². The largest absolute Gasteiger partial charge is 0.481 e. The minimum absolute atomic E-state index is 0.0188. The number of benzene rings is 3. The summed E-state index contributed by atoms with van der Waals surface area (Å²) >= 11 is 0. The van der Waals surface area contributed by atoms with Gasteiger partial charge >= 0.3 is 0 Å². The van der Waals surface area contributed by atoms with Crippen molar-refractivity contribution in [1.82, 2.24) is 0 Å². The van der Waals surface area contributed by atoms with Crippen LogP contribution in [0.1, 0.15) is 37.9 Å². The van der Waals surface area contributed by atoms with Crippen LogP contribution in [-0.2, 0) is 23.9 Å². The van der Waals surface area contributed by atoms with Crippen molar-refractivity contribution in [2.75, 3.05) is 41.8 Å². The highest BCUT2D eigenvalue weighted by atomic mass is 16.5. The first-order valence-electron chi connectivity index (χ1n) is 13.4. The number of hydrogen-bond acceptors (Lipinski definition) is 8. The number of carbonyl (C=O) groups is 4. The Hall–Kier alpha value is -5.43. The Morgan fingerprint density at radius 2 is 1.32 bits per heavy atom. The van der Waals surface area contributed by atoms with Gasteiger partial charge in [0.25, 0.3) is 23.8 Å². The number of hydrogen-bond donors (Lipinski definition) is 7. The summed E-state index contributed by atoms with van der Waals surface area (Å²) < 4.78 is 5.41. The number of morpholine rings is 1. The predicted molar refractivity (Wildman–Crippen MR) is 168 cm³/mol. The second-order valence-corrected chi connectivity index (χ2v) is 9.18. The van der Waals surface area contributed by atoms with Crippen molar-refractivity contribution >= 4 is 46.7 Å². The number of carboxylic acid groups (broad SMARTS) is 3. The molecular formula is C31H39N5O8. The van der Waals surface area contributed by atoms with Crippen LogP contribution in [-0.4, -0.2) is 71.3 Å². The van der Waals surface area contributed by atoms with Crippen LogP contribution in [0, 0.1) is 5.41 Å². The van der Waals surface area contributed by atoms with Gasteiger partial charge in [0.05, 0.1) is 13.2 Å². The van der Waals surface area contributed by atoms with Gasteiger partial charge in [-0.05, 0) is 42.0 Å². The number of nitrogens with one attached hydrogen (secondary N) is 3. The van der Waals surface area contributed by atoms with Gasteiger partial charge < -0.3 is 41.3 Å². The molecule has 44 heavy (non-hydrogen) atoms. The third-order valence-corrected chi connectivity index (χ3v) is 5.39. The topological polar surface area (TPSA) is 215 Å². The van der Waals surface area contributed by atoms with Crippen molar-refractivity contribution in [3.8, 4) is 0 Å². The number of ether oxygens (including phenoxy) is 1. The van der Waals surface area contributed by atoms with Gasteiger partial charge in [-0.3, -0.25) is 24.6 Å². The maximum Gasteiger partial charge on any atom is 0.300 e. The molecule has 8 N–H and O–H groups in total. The average Bonchev–Trinajstić information content (AvgIpc) is 2.96. The number of carboxylic acids is 3. The molecule has 1 unspecified atom stereocenters. The smallest absolute Gasteiger partial charge is 0.300 e. The Labute approximate surface area is 255 Å². The van der Waals surface area contributed by atoms with E-state index in [0.717, 1.165) is 64.0 Å². The third-order valence-electron chi connectivity index (χ3n) is 5.39. The molecule has 13 nitrogen and oxygen atoms in total. The third kappa shape index (κ3) is 15.5. The molecule has 1 heterocycles. The fourth-order valence-electron chi connectivity index (χ4n) is 3.68. The summed E-state index contributed by atoms with van der Waals surface area (Å²) in [6.07, 6.45) is 0. The molecule has 0 aliphatic carbocycles. The van der Waals surface area contributed by atoms with Crippen LogP contribution < -0.4 is 21.3 Å². The SMILES string of the molecule is CC(=O)O.CC(=O)O.CC(=O)O.N=C(N)c1cccc(NC(C(=O)Nc2ccc(N3CCOCC3)cc2)c2ccccc2)c1. The predicted octanol–water partition coefficient (Wildman–Crippen LogP) is 3.87. The summed E-state index contributed by atoms with van der Waals surface area (Å²) in [7, 11) is 0. The fourth-order valence-corrected chi connectivity index (χ4v) is 3.68. The summed E-state index contributed by atoms with van der Waals surface area (Å²) in [6.45, 7) is 6.44. The van der Waals surface area contributed by atoms with Gasteiger partial charge in [0.1, 0.15) is 11.9 Å². The molecule has 3 aromatic rings. The summed E-state index contributed by atoms with van der Waals surface area (Å²) in [6, 6.07) is 24.0. The van der Waals surface area contributed by atoms with Crippen LogP contribution in [0.15, 0.2) is 78.9 Å². The highest BCUT2D eigenvalue weighted by Gasteiger charge is 2.21. The molecule has 0 bridgehead atoms. The lowest BCUT2D eigenvalue weighted by Gasteiger charge is -2.29. The lowest BCUT2D eigenvalue weighted by molar-refractivity contribution is -0.135. The lowest BCUT2D eigenvalue weighted by atomic mass is 10.0. The molecule has 0 radical (unpaired) electrons. The van der Waals surface area contributed by atoms with Crippen LogP contribution in [0.2, 0.25) is 0 Å². The standard InChI is InChI=1S/C25H27N5O2.3C2H4O2/c26-24(27)19-7-4-8-21(17-19)28-23(18-5-2-1-3-6-18)25(31)29-20-9-11-22(12-10-20)30-13-15-32-16-14-30;3*1-2(3)4/h1-12,17,23,28H,13-16H2,(H3,26,27)(H,29,31);3*1H3,(H,3,4). The Bertz CT molecular complexity index is 1320.